The van der Waals surface area contributed by atoms with Crippen LogP contribution in [0.1, 0.15) is 16.8 Å². The third kappa shape index (κ3) is 5.81. The number of hydrogen-bond donors (Lipinski definition) is 4. The molecule has 2 rings (SSSR count). The molecule has 5 N–H and O–H groups in total. The average molecular weight is 333 g/mol. The van der Waals surface area contributed by atoms with Crippen LogP contribution in [0.15, 0.2) is 42.5 Å². The molecule has 0 fully saturated rings. The molecule has 1 unspecified atom stereocenters. The summed E-state index contributed by atoms with van der Waals surface area (Å²) in [6.45, 7) is 0. The van der Waals surface area contributed by atoms with Crippen LogP contribution in [0, 0.1) is 5.92 Å². The molecule has 0 saturated heterocycles. The molecule has 1 aromatic rings. The van der Waals surface area contributed by atoms with Crippen LogP contribution in [0.4, 0.5) is 0 Å². The number of amides is 4. The molecule has 0 spiro atoms. The van der Waals surface area contributed by atoms with E-state index in [9.17, 15) is 24.0 Å². The molecule has 0 aromatic heterocycles. The molecule has 1 aliphatic heterocycles. The molecule has 0 aliphatic carbocycles. The topological polar surface area (TPSA) is 156 Å². The quantitative estimate of drug-likeness (QED) is 0.179. The standard InChI is InChI=1S/C11H12N2O4.C4H3NO2/c12-9(14)6-8(11(16)13-17)10(15)7-4-2-1-3-5-7;6-3-1-2-4(7)5-3/h1-5,8,17H,6H2,(H2,12,14)(H,13,16);1-2H,(H,5,6,7). The molecule has 24 heavy (non-hydrogen) atoms. The number of hydrogen-bond acceptors (Lipinski definition) is 6. The van der Waals surface area contributed by atoms with E-state index in [1.807, 2.05) is 5.32 Å². The number of Topliss-reactive ketones (excluding diaryl/α,β-unsaturated/α-hetero) is 1. The highest BCUT2D eigenvalue weighted by molar-refractivity contribution is 6.13. The normalized spacial score (nSPS) is 13.4. The van der Waals surface area contributed by atoms with Crippen LogP contribution in [0.25, 0.3) is 0 Å². The van der Waals surface area contributed by atoms with Gasteiger partial charge in [0.2, 0.25) is 5.91 Å². The Labute approximate surface area is 136 Å². The number of nitrogens with one attached hydrogen (secondary N) is 2. The van der Waals surface area contributed by atoms with Gasteiger partial charge in [0, 0.05) is 24.1 Å². The monoisotopic (exact) mass is 333 g/mol. The van der Waals surface area contributed by atoms with Gasteiger partial charge in [-0.25, -0.2) is 5.48 Å². The van der Waals surface area contributed by atoms with Crippen molar-refractivity contribution in [2.75, 3.05) is 0 Å². The lowest BCUT2D eigenvalue weighted by molar-refractivity contribution is -0.134. The first kappa shape index (κ1) is 18.7. The molecule has 1 aliphatic rings. The van der Waals surface area contributed by atoms with Gasteiger partial charge in [0.25, 0.3) is 17.7 Å². The minimum atomic E-state index is -1.31. The van der Waals surface area contributed by atoms with Crippen LogP contribution in [0.5, 0.6) is 0 Å². The maximum Gasteiger partial charge on any atom is 0.254 e. The summed E-state index contributed by atoms with van der Waals surface area (Å²) in [6, 6.07) is 8.00. The first-order valence-corrected chi connectivity index (χ1v) is 6.69. The molecule has 1 aromatic carbocycles. The SMILES string of the molecule is NC(=O)CC(C(=O)NO)C(=O)c1ccccc1.O=C1C=CC(=O)N1. The third-order valence-corrected chi connectivity index (χ3v) is 2.84. The summed E-state index contributed by atoms with van der Waals surface area (Å²) in [5, 5.41) is 10.5. The van der Waals surface area contributed by atoms with Crippen molar-refractivity contribution in [1.29, 1.82) is 0 Å². The molecule has 1 heterocycles. The Balaban J connectivity index is 0.000000341. The van der Waals surface area contributed by atoms with Gasteiger partial charge in [-0.05, 0) is 0 Å². The van der Waals surface area contributed by atoms with Gasteiger partial charge in [-0.2, -0.15) is 0 Å². The molecular weight excluding hydrogens is 318 g/mol. The Morgan fingerprint density at radius 1 is 1.08 bits per heavy atom. The number of rotatable bonds is 5. The van der Waals surface area contributed by atoms with Crippen LogP contribution in [0.3, 0.4) is 0 Å². The molecule has 0 radical (unpaired) electrons. The summed E-state index contributed by atoms with van der Waals surface area (Å²) < 4.78 is 0. The third-order valence-electron chi connectivity index (χ3n) is 2.84. The second-order valence-corrected chi connectivity index (χ2v) is 4.62. The number of hydroxylamine groups is 1. The number of carbonyl (C=O) groups is 5. The summed E-state index contributed by atoms with van der Waals surface area (Å²) in [5.41, 5.74) is 6.58. The van der Waals surface area contributed by atoms with Gasteiger partial charge in [-0.1, -0.05) is 30.3 Å². The van der Waals surface area contributed by atoms with E-state index in [2.05, 4.69) is 0 Å². The Morgan fingerprint density at radius 2 is 1.62 bits per heavy atom. The van der Waals surface area contributed by atoms with Crippen LogP contribution in [0.2, 0.25) is 0 Å². The maximum absolute atomic E-state index is 11.9. The van der Waals surface area contributed by atoms with Crippen molar-refractivity contribution in [2.45, 2.75) is 6.42 Å². The highest BCUT2D eigenvalue weighted by Gasteiger charge is 2.28. The lowest BCUT2D eigenvalue weighted by atomic mass is 9.94. The molecular formula is C15H15N3O6. The van der Waals surface area contributed by atoms with Crippen molar-refractivity contribution >= 4 is 29.4 Å². The van der Waals surface area contributed by atoms with Crippen molar-refractivity contribution in [3.05, 3.63) is 48.0 Å². The smallest absolute Gasteiger partial charge is 0.254 e. The van der Waals surface area contributed by atoms with Gasteiger partial charge < -0.3 is 5.73 Å². The molecule has 0 bridgehead atoms. The first-order chi connectivity index (χ1) is 11.3. The van der Waals surface area contributed by atoms with E-state index < -0.39 is 29.9 Å². The largest absolute Gasteiger partial charge is 0.370 e. The highest BCUT2D eigenvalue weighted by atomic mass is 16.5. The molecule has 4 amide bonds. The van der Waals surface area contributed by atoms with E-state index >= 15 is 0 Å². The molecule has 9 heteroatoms. The molecule has 0 saturated carbocycles. The minimum absolute atomic E-state index is 0.280. The summed E-state index contributed by atoms with van der Waals surface area (Å²) in [7, 11) is 0. The number of nitrogens with two attached hydrogens (primary N) is 1. The van der Waals surface area contributed by atoms with Gasteiger partial charge in [0.1, 0.15) is 5.92 Å². The highest BCUT2D eigenvalue weighted by Crippen LogP contribution is 2.12. The Hall–Kier alpha value is -3.33. The van der Waals surface area contributed by atoms with E-state index in [1.54, 1.807) is 18.2 Å². The average Bonchev–Trinajstić information content (AvgIpc) is 2.95. The number of imide groups is 1. The Morgan fingerprint density at radius 3 is 2.00 bits per heavy atom. The predicted molar refractivity (Wildman–Crippen MR) is 80.3 cm³/mol. The zero-order chi connectivity index (χ0) is 18.1. The predicted octanol–water partition coefficient (Wildman–Crippen LogP) is -0.935. The number of carbonyl (C=O) groups excluding carboxylic acids is 5. The fraction of sp³-hybridized carbons (Fsp3) is 0.133. The van der Waals surface area contributed by atoms with Crippen molar-refractivity contribution < 1.29 is 29.2 Å². The summed E-state index contributed by atoms with van der Waals surface area (Å²) >= 11 is 0. The molecule has 126 valence electrons. The van der Waals surface area contributed by atoms with Crippen LogP contribution in [-0.2, 0) is 19.2 Å². The fourth-order valence-electron chi connectivity index (χ4n) is 1.74. The van der Waals surface area contributed by atoms with E-state index in [0.717, 1.165) is 0 Å². The van der Waals surface area contributed by atoms with E-state index in [1.165, 1.54) is 29.8 Å². The van der Waals surface area contributed by atoms with Gasteiger partial charge in [0.15, 0.2) is 5.78 Å². The molecule has 1 atom stereocenters. The van der Waals surface area contributed by atoms with Crippen LogP contribution in [-0.4, -0.2) is 34.6 Å². The van der Waals surface area contributed by atoms with Gasteiger partial charge in [-0.15, -0.1) is 0 Å². The van der Waals surface area contributed by atoms with Gasteiger partial charge in [-0.3, -0.25) is 34.5 Å². The van der Waals surface area contributed by atoms with Crippen molar-refractivity contribution in [3.63, 3.8) is 0 Å². The summed E-state index contributed by atoms with van der Waals surface area (Å²) in [5.74, 6) is -4.26. The van der Waals surface area contributed by atoms with E-state index in [0.29, 0.717) is 0 Å². The van der Waals surface area contributed by atoms with Gasteiger partial charge >= 0.3 is 0 Å². The van der Waals surface area contributed by atoms with Crippen molar-refractivity contribution in [1.82, 2.24) is 10.8 Å². The number of benzene rings is 1. The number of ketones is 1. The fourth-order valence-corrected chi connectivity index (χ4v) is 1.74. The Bertz CT molecular complexity index is 668. The lowest BCUT2D eigenvalue weighted by Gasteiger charge is -2.11. The van der Waals surface area contributed by atoms with Crippen molar-refractivity contribution in [3.8, 4) is 0 Å². The van der Waals surface area contributed by atoms with Crippen molar-refractivity contribution in [2.24, 2.45) is 11.7 Å². The minimum Gasteiger partial charge on any atom is -0.370 e. The summed E-state index contributed by atoms with van der Waals surface area (Å²) in [6.07, 6.45) is 1.95. The van der Waals surface area contributed by atoms with Crippen LogP contribution < -0.4 is 16.5 Å². The summed E-state index contributed by atoms with van der Waals surface area (Å²) in [4.78, 5) is 54.0. The zero-order valence-electron chi connectivity index (χ0n) is 12.4. The first-order valence-electron chi connectivity index (χ1n) is 6.69. The lowest BCUT2D eigenvalue weighted by Crippen LogP contribution is -2.36. The van der Waals surface area contributed by atoms with Gasteiger partial charge in [0.05, 0.1) is 0 Å². The molecule has 9 nitrogen and oxygen atoms in total. The zero-order valence-corrected chi connectivity index (χ0v) is 12.4. The maximum atomic E-state index is 11.9. The van der Waals surface area contributed by atoms with E-state index in [4.69, 9.17) is 10.9 Å². The second-order valence-electron chi connectivity index (χ2n) is 4.62. The van der Waals surface area contributed by atoms with E-state index in [-0.39, 0.29) is 17.4 Å². The number of primary amides is 1. The second kappa shape index (κ2) is 8.96. The van der Waals surface area contributed by atoms with Crippen LogP contribution >= 0.6 is 0 Å². The Kier molecular flexibility index (Phi) is 6.98.